The maximum atomic E-state index is 12.0. The van der Waals surface area contributed by atoms with E-state index in [0.29, 0.717) is 18.8 Å². The van der Waals surface area contributed by atoms with Crippen LogP contribution < -0.4 is 5.73 Å². The number of carbonyl (C=O) groups excluding carboxylic acids is 1. The molecule has 0 unspecified atom stereocenters. The Labute approximate surface area is 123 Å². The van der Waals surface area contributed by atoms with Gasteiger partial charge in [0, 0.05) is 20.1 Å². The molecule has 0 aliphatic rings. The fraction of sp³-hybridized carbons (Fsp3) is 0.364. The molecule has 1 amide bonds. The second kappa shape index (κ2) is 6.27. The zero-order valence-corrected chi connectivity index (χ0v) is 12.8. The van der Waals surface area contributed by atoms with Crippen molar-refractivity contribution in [1.82, 2.24) is 19.9 Å². The van der Waals surface area contributed by atoms with Crippen molar-refractivity contribution >= 4 is 33.2 Å². The predicted octanol–water partition coefficient (Wildman–Crippen LogP) is 1.22. The number of aromatic nitrogens is 3. The molecule has 2 aromatic rings. The first-order valence-electron chi connectivity index (χ1n) is 5.64. The lowest BCUT2D eigenvalue weighted by Crippen LogP contribution is -2.29. The van der Waals surface area contributed by atoms with Crippen LogP contribution in [-0.4, -0.2) is 32.8 Å². The minimum Gasteiger partial charge on any atom is -0.340 e. The SMILES string of the molecule is CN(Cc1csc(Br)c1)C(=O)Cn1cc(CN)nn1. The van der Waals surface area contributed by atoms with Crippen molar-refractivity contribution < 1.29 is 4.79 Å². The molecule has 0 saturated carbocycles. The van der Waals surface area contributed by atoms with Gasteiger partial charge in [-0.1, -0.05) is 5.21 Å². The highest BCUT2D eigenvalue weighted by Gasteiger charge is 2.12. The van der Waals surface area contributed by atoms with Gasteiger partial charge in [0.25, 0.3) is 0 Å². The molecule has 102 valence electrons. The van der Waals surface area contributed by atoms with Crippen molar-refractivity contribution in [2.24, 2.45) is 5.73 Å². The summed E-state index contributed by atoms with van der Waals surface area (Å²) in [7, 11) is 1.77. The van der Waals surface area contributed by atoms with Crippen molar-refractivity contribution in [2.45, 2.75) is 19.6 Å². The normalized spacial score (nSPS) is 10.7. The number of hydrogen-bond donors (Lipinski definition) is 1. The van der Waals surface area contributed by atoms with Gasteiger partial charge in [0.15, 0.2) is 0 Å². The molecule has 0 atom stereocenters. The Kier molecular flexibility index (Phi) is 4.67. The lowest BCUT2D eigenvalue weighted by molar-refractivity contribution is -0.131. The summed E-state index contributed by atoms with van der Waals surface area (Å²) in [5.41, 5.74) is 7.23. The standard InChI is InChI=1S/C11H14BrN5OS/c1-16(4-8-2-10(12)19-7-8)11(18)6-17-5-9(3-13)14-15-17/h2,5,7H,3-4,6,13H2,1H3. The first-order valence-corrected chi connectivity index (χ1v) is 7.31. The number of amides is 1. The Morgan fingerprint density at radius 2 is 2.42 bits per heavy atom. The number of nitrogens with zero attached hydrogens (tertiary/aromatic N) is 4. The number of halogens is 1. The van der Waals surface area contributed by atoms with Crippen LogP contribution in [0, 0.1) is 0 Å². The minimum atomic E-state index is -0.0178. The van der Waals surface area contributed by atoms with E-state index < -0.39 is 0 Å². The molecule has 0 fully saturated rings. The molecular formula is C11H14BrN5OS. The Morgan fingerprint density at radius 1 is 1.63 bits per heavy atom. The molecule has 0 aliphatic heterocycles. The summed E-state index contributed by atoms with van der Waals surface area (Å²) in [4.78, 5) is 13.7. The maximum absolute atomic E-state index is 12.0. The molecule has 0 aromatic carbocycles. The lowest BCUT2D eigenvalue weighted by Gasteiger charge is -2.16. The molecule has 0 aliphatic carbocycles. The Morgan fingerprint density at radius 3 is 3.00 bits per heavy atom. The first-order chi connectivity index (χ1) is 9.08. The molecule has 2 aromatic heterocycles. The van der Waals surface area contributed by atoms with E-state index in [0.717, 1.165) is 9.35 Å². The van der Waals surface area contributed by atoms with Gasteiger partial charge >= 0.3 is 0 Å². The molecule has 2 rings (SSSR count). The van der Waals surface area contributed by atoms with Gasteiger partial charge in [-0.05, 0) is 32.9 Å². The molecule has 2 N–H and O–H groups in total. The van der Waals surface area contributed by atoms with Gasteiger partial charge in [-0.3, -0.25) is 4.79 Å². The summed E-state index contributed by atoms with van der Waals surface area (Å²) in [6.07, 6.45) is 1.69. The fourth-order valence-electron chi connectivity index (χ4n) is 1.56. The molecule has 19 heavy (non-hydrogen) atoms. The third-order valence-corrected chi connectivity index (χ3v) is 4.11. The topological polar surface area (TPSA) is 77.0 Å². The van der Waals surface area contributed by atoms with Crippen LogP contribution in [0.1, 0.15) is 11.3 Å². The Balaban J connectivity index is 1.91. The van der Waals surface area contributed by atoms with Crippen molar-refractivity contribution in [2.75, 3.05) is 7.05 Å². The van der Waals surface area contributed by atoms with Gasteiger partial charge in [0.2, 0.25) is 5.91 Å². The third-order valence-electron chi connectivity index (χ3n) is 2.56. The van der Waals surface area contributed by atoms with Crippen LogP contribution in [0.5, 0.6) is 0 Å². The van der Waals surface area contributed by atoms with E-state index >= 15 is 0 Å². The zero-order valence-electron chi connectivity index (χ0n) is 10.4. The van der Waals surface area contributed by atoms with E-state index in [1.54, 1.807) is 29.5 Å². The summed E-state index contributed by atoms with van der Waals surface area (Å²) in [5, 5.41) is 9.73. The molecule has 8 heteroatoms. The molecule has 0 radical (unpaired) electrons. The van der Waals surface area contributed by atoms with Crippen molar-refractivity contribution in [3.63, 3.8) is 0 Å². The number of likely N-dealkylation sites (N-methyl/N-ethyl adjacent to an activating group) is 1. The highest BCUT2D eigenvalue weighted by molar-refractivity contribution is 9.11. The number of rotatable bonds is 5. The third kappa shape index (κ3) is 3.85. The molecule has 0 spiro atoms. The monoisotopic (exact) mass is 343 g/mol. The van der Waals surface area contributed by atoms with Crippen molar-refractivity contribution in [3.05, 3.63) is 32.7 Å². The molecule has 6 nitrogen and oxygen atoms in total. The van der Waals surface area contributed by atoms with Gasteiger partial charge in [0.05, 0.1) is 15.7 Å². The molecule has 2 heterocycles. The summed E-state index contributed by atoms with van der Waals surface area (Å²) in [5.74, 6) is -0.0178. The first kappa shape index (κ1) is 14.2. The smallest absolute Gasteiger partial charge is 0.244 e. The average Bonchev–Trinajstić information content (AvgIpc) is 2.98. The van der Waals surface area contributed by atoms with Crippen LogP contribution in [0.15, 0.2) is 21.4 Å². The number of thiophene rings is 1. The quantitative estimate of drug-likeness (QED) is 0.885. The molecule has 0 saturated heterocycles. The summed E-state index contributed by atoms with van der Waals surface area (Å²) in [6, 6.07) is 2.01. The van der Waals surface area contributed by atoms with Crippen LogP contribution in [0.4, 0.5) is 0 Å². The van der Waals surface area contributed by atoms with Gasteiger partial charge in [0.1, 0.15) is 6.54 Å². The van der Waals surface area contributed by atoms with Gasteiger partial charge in [-0.25, -0.2) is 4.68 Å². The highest BCUT2D eigenvalue weighted by Crippen LogP contribution is 2.21. The van der Waals surface area contributed by atoms with E-state index in [9.17, 15) is 4.79 Å². The van der Waals surface area contributed by atoms with Crippen LogP contribution in [0.3, 0.4) is 0 Å². The van der Waals surface area contributed by atoms with Crippen LogP contribution in [0.25, 0.3) is 0 Å². The largest absolute Gasteiger partial charge is 0.340 e. The zero-order chi connectivity index (χ0) is 13.8. The fourth-order valence-corrected chi connectivity index (χ4v) is 2.76. The van der Waals surface area contributed by atoms with E-state index in [1.165, 1.54) is 4.68 Å². The summed E-state index contributed by atoms with van der Waals surface area (Å²) >= 11 is 5.01. The Bertz CT molecular complexity index is 567. The second-order valence-electron chi connectivity index (χ2n) is 4.12. The van der Waals surface area contributed by atoms with E-state index in [2.05, 4.69) is 26.2 Å². The van der Waals surface area contributed by atoms with Crippen molar-refractivity contribution in [1.29, 1.82) is 0 Å². The maximum Gasteiger partial charge on any atom is 0.244 e. The van der Waals surface area contributed by atoms with E-state index in [4.69, 9.17) is 5.73 Å². The van der Waals surface area contributed by atoms with Gasteiger partial charge < -0.3 is 10.6 Å². The average molecular weight is 344 g/mol. The van der Waals surface area contributed by atoms with Gasteiger partial charge in [-0.15, -0.1) is 16.4 Å². The predicted molar refractivity (Wildman–Crippen MR) is 76.4 cm³/mol. The highest BCUT2D eigenvalue weighted by atomic mass is 79.9. The van der Waals surface area contributed by atoms with E-state index in [1.807, 2.05) is 11.4 Å². The number of carbonyl (C=O) groups is 1. The summed E-state index contributed by atoms with van der Waals surface area (Å²) in [6.45, 7) is 1.08. The lowest BCUT2D eigenvalue weighted by atomic mass is 10.3. The number of hydrogen-bond acceptors (Lipinski definition) is 5. The van der Waals surface area contributed by atoms with Crippen LogP contribution in [0.2, 0.25) is 0 Å². The summed E-state index contributed by atoms with van der Waals surface area (Å²) < 4.78 is 2.57. The minimum absolute atomic E-state index is 0.0178. The molecular weight excluding hydrogens is 330 g/mol. The van der Waals surface area contributed by atoms with Gasteiger partial charge in [-0.2, -0.15) is 0 Å². The van der Waals surface area contributed by atoms with Crippen LogP contribution in [-0.2, 0) is 24.4 Å². The van der Waals surface area contributed by atoms with E-state index in [-0.39, 0.29) is 12.5 Å². The molecule has 0 bridgehead atoms. The second-order valence-corrected chi connectivity index (χ2v) is 6.41. The van der Waals surface area contributed by atoms with Crippen LogP contribution >= 0.6 is 27.3 Å². The number of nitrogens with two attached hydrogens (primary N) is 1. The van der Waals surface area contributed by atoms with Crippen molar-refractivity contribution in [3.8, 4) is 0 Å². The Hall–Kier alpha value is -1.25.